The topological polar surface area (TPSA) is 27.7 Å². The highest BCUT2D eigenvalue weighted by molar-refractivity contribution is 4.75. The van der Waals surface area contributed by atoms with Crippen molar-refractivity contribution in [3.8, 4) is 0 Å². The van der Waals surface area contributed by atoms with E-state index in [0.29, 0.717) is 6.23 Å². The van der Waals surface area contributed by atoms with E-state index >= 15 is 0 Å². The summed E-state index contributed by atoms with van der Waals surface area (Å²) in [6.45, 7) is 7.47. The second kappa shape index (κ2) is 4.37. The van der Waals surface area contributed by atoms with Crippen LogP contribution in [0.2, 0.25) is 0 Å². The van der Waals surface area contributed by atoms with Crippen LogP contribution in [0.25, 0.3) is 0 Å². The third kappa shape index (κ3) is 2.40. The van der Waals surface area contributed by atoms with Crippen molar-refractivity contribution >= 4 is 0 Å². The Morgan fingerprint density at radius 2 is 2.00 bits per heavy atom. The SMILES string of the molecule is CN1CCN(C2CNCCO2)CC1. The van der Waals surface area contributed by atoms with Crippen LogP contribution in [0.4, 0.5) is 0 Å². The van der Waals surface area contributed by atoms with Crippen LogP contribution in [0, 0.1) is 0 Å². The minimum Gasteiger partial charge on any atom is -0.360 e. The second-order valence-electron chi connectivity index (χ2n) is 3.87. The van der Waals surface area contributed by atoms with Crippen molar-refractivity contribution < 1.29 is 4.74 Å². The zero-order valence-electron chi connectivity index (χ0n) is 8.33. The molecule has 0 aromatic heterocycles. The molecule has 2 aliphatic rings. The zero-order chi connectivity index (χ0) is 9.10. The molecule has 2 saturated heterocycles. The molecule has 2 heterocycles. The van der Waals surface area contributed by atoms with Gasteiger partial charge in [-0.25, -0.2) is 0 Å². The van der Waals surface area contributed by atoms with Crippen molar-refractivity contribution in [2.24, 2.45) is 0 Å². The number of likely N-dealkylation sites (N-methyl/N-ethyl adjacent to an activating group) is 1. The van der Waals surface area contributed by atoms with Gasteiger partial charge in [0.25, 0.3) is 0 Å². The van der Waals surface area contributed by atoms with Gasteiger partial charge in [-0.3, -0.25) is 4.90 Å². The minimum absolute atomic E-state index is 0.322. The number of nitrogens with zero attached hydrogens (tertiary/aromatic N) is 2. The van der Waals surface area contributed by atoms with Crippen LogP contribution < -0.4 is 5.32 Å². The molecule has 2 rings (SSSR count). The van der Waals surface area contributed by atoms with Crippen LogP contribution in [0.3, 0.4) is 0 Å². The first-order valence-corrected chi connectivity index (χ1v) is 5.11. The minimum atomic E-state index is 0.322. The molecule has 0 radical (unpaired) electrons. The summed E-state index contributed by atoms with van der Waals surface area (Å²) < 4.78 is 5.70. The van der Waals surface area contributed by atoms with Gasteiger partial charge in [0, 0.05) is 39.3 Å². The Morgan fingerprint density at radius 3 is 2.62 bits per heavy atom. The van der Waals surface area contributed by atoms with Crippen molar-refractivity contribution in [1.29, 1.82) is 0 Å². The van der Waals surface area contributed by atoms with Crippen molar-refractivity contribution in [3.05, 3.63) is 0 Å². The lowest BCUT2D eigenvalue weighted by Gasteiger charge is -2.39. The summed E-state index contributed by atoms with van der Waals surface area (Å²) in [6.07, 6.45) is 0.322. The fraction of sp³-hybridized carbons (Fsp3) is 1.00. The van der Waals surface area contributed by atoms with Crippen LogP contribution in [-0.2, 0) is 4.74 Å². The number of hydrogen-bond acceptors (Lipinski definition) is 4. The highest BCUT2D eigenvalue weighted by atomic mass is 16.5. The van der Waals surface area contributed by atoms with Gasteiger partial charge in [-0.15, -0.1) is 0 Å². The fourth-order valence-corrected chi connectivity index (χ4v) is 1.90. The first-order chi connectivity index (χ1) is 6.36. The smallest absolute Gasteiger partial charge is 0.123 e. The zero-order valence-corrected chi connectivity index (χ0v) is 8.33. The summed E-state index contributed by atoms with van der Waals surface area (Å²) in [5.74, 6) is 0. The predicted octanol–water partition coefficient (Wildman–Crippen LogP) is -0.820. The average molecular weight is 185 g/mol. The lowest BCUT2D eigenvalue weighted by Crippen LogP contribution is -2.55. The summed E-state index contributed by atoms with van der Waals surface area (Å²) in [5.41, 5.74) is 0. The van der Waals surface area contributed by atoms with Crippen LogP contribution in [0.5, 0.6) is 0 Å². The number of piperazine rings is 1. The second-order valence-corrected chi connectivity index (χ2v) is 3.87. The lowest BCUT2D eigenvalue weighted by molar-refractivity contribution is -0.0876. The van der Waals surface area contributed by atoms with Gasteiger partial charge < -0.3 is 15.0 Å². The van der Waals surface area contributed by atoms with E-state index in [1.807, 2.05) is 0 Å². The van der Waals surface area contributed by atoms with Gasteiger partial charge in [0.1, 0.15) is 6.23 Å². The molecule has 0 aliphatic carbocycles. The summed E-state index contributed by atoms with van der Waals surface area (Å²) in [4.78, 5) is 4.80. The Kier molecular flexibility index (Phi) is 3.16. The van der Waals surface area contributed by atoms with Crippen molar-refractivity contribution in [1.82, 2.24) is 15.1 Å². The summed E-state index contributed by atoms with van der Waals surface area (Å²) in [7, 11) is 2.18. The number of nitrogens with one attached hydrogen (secondary N) is 1. The Balaban J connectivity index is 1.79. The van der Waals surface area contributed by atoms with E-state index in [-0.39, 0.29) is 0 Å². The molecule has 1 unspecified atom stereocenters. The molecule has 0 bridgehead atoms. The molecule has 0 aromatic rings. The van der Waals surface area contributed by atoms with Crippen LogP contribution in [0.1, 0.15) is 0 Å². The number of hydrogen-bond donors (Lipinski definition) is 1. The Hall–Kier alpha value is -0.160. The van der Waals surface area contributed by atoms with E-state index in [1.54, 1.807) is 0 Å². The average Bonchev–Trinajstić information content (AvgIpc) is 2.20. The first kappa shape index (κ1) is 9.40. The van der Waals surface area contributed by atoms with Gasteiger partial charge in [0.05, 0.1) is 6.61 Å². The Labute approximate surface area is 79.8 Å². The monoisotopic (exact) mass is 185 g/mol. The summed E-state index contributed by atoms with van der Waals surface area (Å²) >= 11 is 0. The molecular weight excluding hydrogens is 166 g/mol. The quantitative estimate of drug-likeness (QED) is 0.577. The first-order valence-electron chi connectivity index (χ1n) is 5.11. The van der Waals surface area contributed by atoms with Gasteiger partial charge in [0.15, 0.2) is 0 Å². The molecule has 0 saturated carbocycles. The standard InChI is InChI=1S/C9H19N3O/c1-11-3-5-12(6-4-11)9-8-10-2-7-13-9/h9-10H,2-8H2,1H3. The molecule has 4 heteroatoms. The van der Waals surface area contributed by atoms with Crippen molar-refractivity contribution in [2.45, 2.75) is 6.23 Å². The number of rotatable bonds is 1. The van der Waals surface area contributed by atoms with Crippen molar-refractivity contribution in [3.63, 3.8) is 0 Å². The molecule has 1 atom stereocenters. The van der Waals surface area contributed by atoms with E-state index in [2.05, 4.69) is 22.2 Å². The molecule has 0 spiro atoms. The molecule has 1 N–H and O–H groups in total. The molecule has 0 aromatic carbocycles. The summed E-state index contributed by atoms with van der Waals surface area (Å²) in [5, 5.41) is 3.36. The largest absolute Gasteiger partial charge is 0.360 e. The van der Waals surface area contributed by atoms with Gasteiger partial charge in [-0.2, -0.15) is 0 Å². The molecule has 2 fully saturated rings. The van der Waals surface area contributed by atoms with E-state index in [0.717, 1.165) is 32.8 Å². The maximum atomic E-state index is 5.70. The van der Waals surface area contributed by atoms with Gasteiger partial charge in [0.2, 0.25) is 0 Å². The van der Waals surface area contributed by atoms with Crippen LogP contribution in [-0.4, -0.2) is 69.0 Å². The fourth-order valence-electron chi connectivity index (χ4n) is 1.90. The molecule has 2 aliphatic heterocycles. The van der Waals surface area contributed by atoms with Gasteiger partial charge >= 0.3 is 0 Å². The molecule has 13 heavy (non-hydrogen) atoms. The van der Waals surface area contributed by atoms with E-state index in [1.165, 1.54) is 13.1 Å². The molecule has 0 amide bonds. The lowest BCUT2D eigenvalue weighted by atomic mass is 10.3. The normalized spacial score (nSPS) is 33.5. The van der Waals surface area contributed by atoms with Gasteiger partial charge in [-0.1, -0.05) is 0 Å². The van der Waals surface area contributed by atoms with E-state index < -0.39 is 0 Å². The van der Waals surface area contributed by atoms with Crippen molar-refractivity contribution in [2.75, 3.05) is 52.9 Å². The van der Waals surface area contributed by atoms with Gasteiger partial charge in [-0.05, 0) is 7.05 Å². The van der Waals surface area contributed by atoms with E-state index in [4.69, 9.17) is 4.74 Å². The Morgan fingerprint density at radius 1 is 1.23 bits per heavy atom. The third-order valence-corrected chi connectivity index (χ3v) is 2.85. The Bertz CT molecular complexity index is 151. The third-order valence-electron chi connectivity index (χ3n) is 2.85. The molecular formula is C9H19N3O. The highest BCUT2D eigenvalue weighted by Crippen LogP contribution is 2.07. The van der Waals surface area contributed by atoms with E-state index in [9.17, 15) is 0 Å². The summed E-state index contributed by atoms with van der Waals surface area (Å²) in [6, 6.07) is 0. The maximum absolute atomic E-state index is 5.70. The number of ether oxygens (including phenoxy) is 1. The predicted molar refractivity (Wildman–Crippen MR) is 51.7 cm³/mol. The molecule has 76 valence electrons. The maximum Gasteiger partial charge on any atom is 0.123 e. The van der Waals surface area contributed by atoms with Crippen LogP contribution >= 0.6 is 0 Å². The highest BCUT2D eigenvalue weighted by Gasteiger charge is 2.24. The van der Waals surface area contributed by atoms with Crippen LogP contribution in [0.15, 0.2) is 0 Å². The molecule has 4 nitrogen and oxygen atoms in total. The number of morpholine rings is 1.